The molecule has 2 amide bonds. The number of amides is 2. The molecule has 0 saturated carbocycles. The van der Waals surface area contributed by atoms with Crippen LogP contribution < -0.4 is 20.1 Å². The molecule has 2 aromatic carbocycles. The second-order valence-electron chi connectivity index (χ2n) is 6.37. The third-order valence-electron chi connectivity index (χ3n) is 4.54. The van der Waals surface area contributed by atoms with Gasteiger partial charge in [0.05, 0.1) is 6.10 Å². The highest BCUT2D eigenvalue weighted by Gasteiger charge is 2.18. The molecule has 7 nitrogen and oxygen atoms in total. The van der Waals surface area contributed by atoms with Gasteiger partial charge in [-0.3, -0.25) is 9.59 Å². The van der Waals surface area contributed by atoms with E-state index in [1.165, 1.54) is 0 Å². The summed E-state index contributed by atoms with van der Waals surface area (Å²) in [6.07, 6.45) is -0.524. The lowest BCUT2D eigenvalue weighted by Gasteiger charge is -2.13. The van der Waals surface area contributed by atoms with Gasteiger partial charge in [-0.2, -0.15) is 0 Å². The molecule has 0 unspecified atom stereocenters. The lowest BCUT2D eigenvalue weighted by atomic mass is 10.1. The number of anilines is 1. The number of hydrogen-bond acceptors (Lipinski definition) is 5. The van der Waals surface area contributed by atoms with Crippen molar-refractivity contribution in [3.8, 4) is 11.5 Å². The summed E-state index contributed by atoms with van der Waals surface area (Å²) < 4.78 is 10.5. The second-order valence-corrected chi connectivity index (χ2v) is 6.37. The monoisotopic (exact) mass is 370 g/mol. The fourth-order valence-electron chi connectivity index (χ4n) is 2.76. The second kappa shape index (κ2) is 8.09. The zero-order chi connectivity index (χ0) is 19.4. The summed E-state index contributed by atoms with van der Waals surface area (Å²) in [7, 11) is 0. The van der Waals surface area contributed by atoms with Gasteiger partial charge in [0.1, 0.15) is 0 Å². The largest absolute Gasteiger partial charge is 0.454 e. The first-order valence-corrected chi connectivity index (χ1v) is 8.68. The standard InChI is InChI=1S/C20H22N2O5/c1-12-4-3-5-15(13(12)2)22-20(25)19(24)21-9-8-16(23)14-6-7-17-18(10-14)27-11-26-17/h3-7,10,16,23H,8-9,11H2,1-2H3,(H,21,24)(H,22,25)/t16-/m1/s1. The Hall–Kier alpha value is -3.06. The maximum absolute atomic E-state index is 12.0. The van der Waals surface area contributed by atoms with Crippen LogP contribution in [-0.4, -0.2) is 30.3 Å². The van der Waals surface area contributed by atoms with E-state index in [0.717, 1.165) is 11.1 Å². The highest BCUT2D eigenvalue weighted by Crippen LogP contribution is 2.34. The van der Waals surface area contributed by atoms with E-state index in [1.54, 1.807) is 24.3 Å². The molecule has 1 atom stereocenters. The van der Waals surface area contributed by atoms with Crippen molar-refractivity contribution < 1.29 is 24.2 Å². The number of benzene rings is 2. The van der Waals surface area contributed by atoms with E-state index in [-0.39, 0.29) is 19.8 Å². The molecule has 0 radical (unpaired) electrons. The number of aryl methyl sites for hydroxylation is 1. The smallest absolute Gasteiger partial charge is 0.313 e. The van der Waals surface area contributed by atoms with Gasteiger partial charge in [0.2, 0.25) is 6.79 Å². The molecule has 1 aliphatic heterocycles. The fourth-order valence-corrected chi connectivity index (χ4v) is 2.76. The van der Waals surface area contributed by atoms with Crippen LogP contribution in [-0.2, 0) is 9.59 Å². The predicted molar refractivity (Wildman–Crippen MR) is 99.7 cm³/mol. The fraction of sp³-hybridized carbons (Fsp3) is 0.300. The van der Waals surface area contributed by atoms with Crippen LogP contribution in [0.5, 0.6) is 11.5 Å². The van der Waals surface area contributed by atoms with E-state index >= 15 is 0 Å². The zero-order valence-corrected chi connectivity index (χ0v) is 15.2. The molecule has 0 fully saturated rings. The molecule has 27 heavy (non-hydrogen) atoms. The Morgan fingerprint density at radius 2 is 1.89 bits per heavy atom. The van der Waals surface area contributed by atoms with E-state index in [0.29, 0.717) is 22.7 Å². The molecule has 3 rings (SSSR count). The molecule has 7 heteroatoms. The van der Waals surface area contributed by atoms with Crippen LogP contribution >= 0.6 is 0 Å². The predicted octanol–water partition coefficient (Wildman–Crippen LogP) is 2.21. The number of carbonyl (C=O) groups is 2. The molecule has 0 aromatic heterocycles. The Bertz CT molecular complexity index is 865. The van der Waals surface area contributed by atoms with Gasteiger partial charge in [-0.1, -0.05) is 18.2 Å². The minimum Gasteiger partial charge on any atom is -0.454 e. The van der Waals surface area contributed by atoms with Crippen molar-refractivity contribution >= 4 is 17.5 Å². The number of hydrogen-bond donors (Lipinski definition) is 3. The first-order valence-electron chi connectivity index (χ1n) is 8.68. The summed E-state index contributed by atoms with van der Waals surface area (Å²) in [6.45, 7) is 4.14. The first-order chi connectivity index (χ1) is 13.0. The topological polar surface area (TPSA) is 96.9 Å². The van der Waals surface area contributed by atoms with Crippen LogP contribution in [0.1, 0.15) is 29.2 Å². The maximum atomic E-state index is 12.0. The molecular formula is C20H22N2O5. The lowest BCUT2D eigenvalue weighted by molar-refractivity contribution is -0.136. The number of aliphatic hydroxyl groups is 1. The molecule has 0 spiro atoms. The van der Waals surface area contributed by atoms with Crippen molar-refractivity contribution in [2.24, 2.45) is 0 Å². The molecule has 0 bridgehead atoms. The quantitative estimate of drug-likeness (QED) is 0.701. The van der Waals surface area contributed by atoms with Crippen LogP contribution in [0, 0.1) is 13.8 Å². The summed E-state index contributed by atoms with van der Waals surface area (Å²) in [5, 5.41) is 15.4. The number of fused-ring (bicyclic) bond motifs is 1. The van der Waals surface area contributed by atoms with Crippen molar-refractivity contribution in [3.05, 3.63) is 53.1 Å². The molecule has 1 heterocycles. The molecule has 142 valence electrons. The third-order valence-corrected chi connectivity index (χ3v) is 4.54. The minimum absolute atomic E-state index is 0.161. The Kier molecular flexibility index (Phi) is 5.61. The molecular weight excluding hydrogens is 348 g/mol. The van der Waals surface area contributed by atoms with Crippen molar-refractivity contribution in [1.82, 2.24) is 5.32 Å². The number of rotatable bonds is 5. The average Bonchev–Trinajstić information content (AvgIpc) is 3.13. The van der Waals surface area contributed by atoms with Crippen molar-refractivity contribution in [2.75, 3.05) is 18.7 Å². The number of ether oxygens (including phenoxy) is 2. The summed E-state index contributed by atoms with van der Waals surface area (Å²) in [5.74, 6) is -0.249. The number of nitrogens with one attached hydrogen (secondary N) is 2. The Morgan fingerprint density at radius 1 is 1.11 bits per heavy atom. The van der Waals surface area contributed by atoms with Crippen LogP contribution in [0.15, 0.2) is 36.4 Å². The van der Waals surface area contributed by atoms with E-state index < -0.39 is 17.9 Å². The van der Waals surface area contributed by atoms with Gasteiger partial charge in [0.15, 0.2) is 11.5 Å². The highest BCUT2D eigenvalue weighted by atomic mass is 16.7. The van der Waals surface area contributed by atoms with E-state index in [2.05, 4.69) is 10.6 Å². The summed E-state index contributed by atoms with van der Waals surface area (Å²) in [4.78, 5) is 24.0. The van der Waals surface area contributed by atoms with Crippen LogP contribution in [0.2, 0.25) is 0 Å². The van der Waals surface area contributed by atoms with Crippen molar-refractivity contribution in [1.29, 1.82) is 0 Å². The molecule has 0 aliphatic carbocycles. The van der Waals surface area contributed by atoms with Gasteiger partial charge in [-0.05, 0) is 55.2 Å². The lowest BCUT2D eigenvalue weighted by Crippen LogP contribution is -2.36. The van der Waals surface area contributed by atoms with E-state index in [4.69, 9.17) is 9.47 Å². The van der Waals surface area contributed by atoms with Crippen LogP contribution in [0.4, 0.5) is 5.69 Å². The highest BCUT2D eigenvalue weighted by molar-refractivity contribution is 6.39. The molecule has 0 saturated heterocycles. The first kappa shape index (κ1) is 18.7. The van der Waals surface area contributed by atoms with Gasteiger partial charge in [-0.15, -0.1) is 0 Å². The van der Waals surface area contributed by atoms with Gasteiger partial charge < -0.3 is 25.2 Å². The SMILES string of the molecule is Cc1cccc(NC(=O)C(=O)NCC[C@@H](O)c2ccc3c(c2)OCO3)c1C. The normalized spacial score (nSPS) is 13.1. The molecule has 1 aliphatic rings. The Balaban J connectivity index is 1.48. The Labute approximate surface area is 157 Å². The van der Waals surface area contributed by atoms with Gasteiger partial charge in [0, 0.05) is 12.2 Å². The zero-order valence-electron chi connectivity index (χ0n) is 15.2. The van der Waals surface area contributed by atoms with Crippen molar-refractivity contribution in [2.45, 2.75) is 26.4 Å². The van der Waals surface area contributed by atoms with Gasteiger partial charge in [-0.25, -0.2) is 0 Å². The van der Waals surface area contributed by atoms with Crippen molar-refractivity contribution in [3.63, 3.8) is 0 Å². The minimum atomic E-state index is -0.790. The summed E-state index contributed by atoms with van der Waals surface area (Å²) >= 11 is 0. The van der Waals surface area contributed by atoms with Crippen LogP contribution in [0.25, 0.3) is 0 Å². The Morgan fingerprint density at radius 3 is 2.70 bits per heavy atom. The summed E-state index contributed by atoms with van der Waals surface area (Å²) in [5.41, 5.74) is 3.21. The maximum Gasteiger partial charge on any atom is 0.313 e. The van der Waals surface area contributed by atoms with Gasteiger partial charge in [0.25, 0.3) is 0 Å². The number of aliphatic hydroxyl groups excluding tert-OH is 1. The summed E-state index contributed by atoms with van der Waals surface area (Å²) in [6, 6.07) is 10.7. The van der Waals surface area contributed by atoms with Crippen LogP contribution in [0.3, 0.4) is 0 Å². The number of carbonyl (C=O) groups excluding carboxylic acids is 2. The molecule has 3 N–H and O–H groups in total. The average molecular weight is 370 g/mol. The van der Waals surface area contributed by atoms with Gasteiger partial charge >= 0.3 is 11.8 Å². The third kappa shape index (κ3) is 4.38. The molecule has 2 aromatic rings. The van der Waals surface area contributed by atoms with E-state index in [1.807, 2.05) is 26.0 Å². The van der Waals surface area contributed by atoms with E-state index in [9.17, 15) is 14.7 Å².